The molecule has 3 rings (SSSR count). The van der Waals surface area contributed by atoms with Gasteiger partial charge in [0, 0.05) is 0 Å². The molecule has 1 aromatic rings. The van der Waals surface area contributed by atoms with Crippen molar-refractivity contribution in [2.24, 2.45) is 5.73 Å². The van der Waals surface area contributed by atoms with E-state index in [0.717, 1.165) is 43.3 Å². The molecular weight excluding hydrogens is 603 g/mol. The smallest absolute Gasteiger partial charge is 0.00136 e. The van der Waals surface area contributed by atoms with Crippen molar-refractivity contribution in [3.05, 3.63) is 240 Å². The molecule has 1 heteroatoms. The van der Waals surface area contributed by atoms with Gasteiger partial charge in [-0.3, -0.25) is 0 Å². The fraction of sp³-hybridized carbons (Fsp3) is 0.143. The van der Waals surface area contributed by atoms with E-state index in [1.54, 1.807) is 12.3 Å². The molecule has 0 amide bonds. The van der Waals surface area contributed by atoms with Crippen molar-refractivity contribution in [2.45, 2.75) is 46.0 Å². The van der Waals surface area contributed by atoms with Crippen molar-refractivity contribution in [3.8, 4) is 0 Å². The highest BCUT2D eigenvalue weighted by atomic mass is 14.5. The van der Waals surface area contributed by atoms with E-state index in [0.29, 0.717) is 0 Å². The Morgan fingerprint density at radius 2 is 1.74 bits per heavy atom. The molecule has 0 radical (unpaired) electrons. The second kappa shape index (κ2) is 23.6. The number of fused-ring (bicyclic) bond motifs is 1. The minimum atomic E-state index is 0.802. The van der Waals surface area contributed by atoms with Gasteiger partial charge in [0.25, 0.3) is 0 Å². The highest BCUT2D eigenvalue weighted by molar-refractivity contribution is 5.83. The van der Waals surface area contributed by atoms with Crippen LogP contribution in [0.25, 0.3) is 11.6 Å². The standard InChI is InChI=1S/C49H53N/c1-5-8-11-12-17-26-42(27-18-14-20-31-45(34-23-38-50)44-30-19-13-16-24-41(4)25-21-32-44)36-37-46-33-22-35-48-47(29-10-7-3)39-43(40-49(46)48)28-15-9-6-2/h5,7-8,10-25,27-29,31-39H,1,4,6,9,26,30,40,50H2,2-3H3/b10-7-,11-8-,17-12-,18-14+,19-13-,24-16-,25-21-,28-15-,31-20-,37-36-,38-23+,42-27-,44-32+,45-34+,47-29-. The Bertz CT molecular complexity index is 1800. The predicted octanol–water partition coefficient (Wildman–Crippen LogP) is 13.2. The van der Waals surface area contributed by atoms with Gasteiger partial charge in [-0.05, 0) is 95.0 Å². The van der Waals surface area contributed by atoms with Crippen molar-refractivity contribution in [2.75, 3.05) is 0 Å². The number of hydrogen-bond donors (Lipinski definition) is 1. The zero-order valence-corrected chi connectivity index (χ0v) is 29.9. The zero-order chi connectivity index (χ0) is 35.7. The Labute approximate surface area is 302 Å². The van der Waals surface area contributed by atoms with E-state index in [4.69, 9.17) is 5.73 Å². The fourth-order valence-electron chi connectivity index (χ4n) is 5.33. The summed E-state index contributed by atoms with van der Waals surface area (Å²) in [5.74, 6) is 0. The van der Waals surface area contributed by atoms with E-state index in [1.165, 1.54) is 39.0 Å². The quantitative estimate of drug-likeness (QED) is 0.187. The first-order valence-electron chi connectivity index (χ1n) is 17.6. The van der Waals surface area contributed by atoms with Gasteiger partial charge in [0.05, 0.1) is 0 Å². The third-order valence-electron chi connectivity index (χ3n) is 7.89. The predicted molar refractivity (Wildman–Crippen MR) is 224 cm³/mol. The van der Waals surface area contributed by atoms with Gasteiger partial charge in [-0.25, -0.2) is 0 Å². The molecule has 0 spiro atoms. The van der Waals surface area contributed by atoms with Gasteiger partial charge < -0.3 is 5.73 Å². The van der Waals surface area contributed by atoms with Crippen molar-refractivity contribution < 1.29 is 0 Å². The minimum absolute atomic E-state index is 0.802. The lowest BCUT2D eigenvalue weighted by molar-refractivity contribution is 0.956. The Kier molecular flexibility index (Phi) is 18.3. The van der Waals surface area contributed by atoms with Crippen molar-refractivity contribution in [1.29, 1.82) is 0 Å². The molecule has 1 aromatic carbocycles. The van der Waals surface area contributed by atoms with Crippen LogP contribution in [0.5, 0.6) is 0 Å². The second-order valence-corrected chi connectivity index (χ2v) is 11.8. The molecule has 0 atom stereocenters. The minimum Gasteiger partial charge on any atom is -0.405 e. The molecule has 0 aliphatic heterocycles. The summed E-state index contributed by atoms with van der Waals surface area (Å²) < 4.78 is 0. The summed E-state index contributed by atoms with van der Waals surface area (Å²) in [5.41, 5.74) is 16.7. The summed E-state index contributed by atoms with van der Waals surface area (Å²) in [6.45, 7) is 12.1. The van der Waals surface area contributed by atoms with Crippen LogP contribution in [0.4, 0.5) is 0 Å². The molecule has 50 heavy (non-hydrogen) atoms. The average Bonchev–Trinajstić information content (AvgIpc) is 3.13. The van der Waals surface area contributed by atoms with E-state index in [-0.39, 0.29) is 0 Å². The third kappa shape index (κ3) is 14.2. The summed E-state index contributed by atoms with van der Waals surface area (Å²) in [7, 11) is 0. The topological polar surface area (TPSA) is 26.0 Å². The highest BCUT2D eigenvalue weighted by Gasteiger charge is 2.16. The largest absolute Gasteiger partial charge is 0.405 e. The van der Waals surface area contributed by atoms with Gasteiger partial charge in [-0.15, -0.1) is 0 Å². The highest BCUT2D eigenvalue weighted by Crippen LogP contribution is 2.33. The summed E-state index contributed by atoms with van der Waals surface area (Å²) in [4.78, 5) is 0. The van der Waals surface area contributed by atoms with Gasteiger partial charge >= 0.3 is 0 Å². The molecule has 254 valence electrons. The summed E-state index contributed by atoms with van der Waals surface area (Å²) in [5, 5.41) is 0. The number of benzene rings is 1. The van der Waals surface area contributed by atoms with Gasteiger partial charge in [-0.1, -0.05) is 203 Å². The summed E-state index contributed by atoms with van der Waals surface area (Å²) in [6.07, 6.45) is 63.1. The Balaban J connectivity index is 1.92. The first-order chi connectivity index (χ1) is 24.6. The fourth-order valence-corrected chi connectivity index (χ4v) is 5.33. The van der Waals surface area contributed by atoms with Crippen LogP contribution in [-0.4, -0.2) is 0 Å². The van der Waals surface area contributed by atoms with Crippen molar-refractivity contribution in [3.63, 3.8) is 0 Å². The lowest BCUT2D eigenvalue weighted by Gasteiger charge is -2.20. The SMILES string of the molecule is C=C/C=C\C=C/CC(\C=C/c1cccc2c1CC(/C=C\CCC)=CC/2=C/C=C\C)=C\C=C\C=C/C(=C\C=C\N)C1=C/C=C\C(=C)/C=C\C=C/C\1. The molecule has 0 fully saturated rings. The van der Waals surface area contributed by atoms with Crippen LogP contribution in [0.2, 0.25) is 0 Å². The third-order valence-corrected chi connectivity index (χ3v) is 7.89. The normalized spacial score (nSPS) is 20.3. The zero-order valence-electron chi connectivity index (χ0n) is 29.9. The lowest BCUT2D eigenvalue weighted by Crippen LogP contribution is -2.03. The maximum atomic E-state index is 5.70. The number of hydrogen-bond acceptors (Lipinski definition) is 1. The van der Waals surface area contributed by atoms with Crippen LogP contribution in [-0.2, 0) is 6.42 Å². The molecule has 0 unspecified atom stereocenters. The molecule has 2 aliphatic rings. The molecule has 1 nitrogen and oxygen atoms in total. The van der Waals surface area contributed by atoms with Crippen LogP contribution in [0.3, 0.4) is 0 Å². The van der Waals surface area contributed by atoms with Gasteiger partial charge in [-0.2, -0.15) is 0 Å². The molecule has 0 aromatic heterocycles. The molecule has 0 saturated carbocycles. The van der Waals surface area contributed by atoms with Crippen molar-refractivity contribution in [1.82, 2.24) is 0 Å². The molecule has 2 N–H and O–H groups in total. The summed E-state index contributed by atoms with van der Waals surface area (Å²) >= 11 is 0. The monoisotopic (exact) mass is 655 g/mol. The number of unbranched alkanes of at least 4 members (excludes halogenated alkanes) is 1. The van der Waals surface area contributed by atoms with Crippen LogP contribution < -0.4 is 5.73 Å². The number of rotatable bonds is 15. The van der Waals surface area contributed by atoms with E-state index >= 15 is 0 Å². The van der Waals surface area contributed by atoms with Crippen LogP contribution >= 0.6 is 0 Å². The molecule has 2 aliphatic carbocycles. The second-order valence-electron chi connectivity index (χ2n) is 11.8. The van der Waals surface area contributed by atoms with Crippen molar-refractivity contribution >= 4 is 11.6 Å². The number of nitrogens with two attached hydrogens (primary N) is 1. The van der Waals surface area contributed by atoms with E-state index in [9.17, 15) is 0 Å². The van der Waals surface area contributed by atoms with E-state index in [2.05, 4.69) is 155 Å². The maximum absolute atomic E-state index is 5.70. The Hall–Kier alpha value is -5.66. The first-order valence-corrected chi connectivity index (χ1v) is 17.6. The van der Waals surface area contributed by atoms with Gasteiger partial charge in [0.1, 0.15) is 0 Å². The van der Waals surface area contributed by atoms with E-state index < -0.39 is 0 Å². The van der Waals surface area contributed by atoms with Crippen LogP contribution in [0.15, 0.2) is 223 Å². The Morgan fingerprint density at radius 3 is 2.56 bits per heavy atom. The van der Waals surface area contributed by atoms with E-state index in [1.807, 2.05) is 48.6 Å². The summed E-state index contributed by atoms with van der Waals surface area (Å²) in [6, 6.07) is 6.64. The van der Waals surface area contributed by atoms with Gasteiger partial charge in [0.15, 0.2) is 0 Å². The van der Waals surface area contributed by atoms with Crippen LogP contribution in [0.1, 0.15) is 56.2 Å². The molecular formula is C49H53N. The number of allylic oxidation sites excluding steroid dienone is 32. The molecule has 0 saturated heterocycles. The Morgan fingerprint density at radius 1 is 0.880 bits per heavy atom. The lowest BCUT2D eigenvalue weighted by atomic mass is 9.84. The van der Waals surface area contributed by atoms with Crippen LogP contribution in [0, 0.1) is 0 Å². The molecule has 0 bridgehead atoms. The molecule has 0 heterocycles. The first kappa shape index (κ1) is 38.8. The maximum Gasteiger partial charge on any atom is -0.00136 e. The average molecular weight is 656 g/mol. The van der Waals surface area contributed by atoms with Gasteiger partial charge in [0.2, 0.25) is 0 Å².